The summed E-state index contributed by atoms with van der Waals surface area (Å²) in [6, 6.07) is 11.2. The van der Waals surface area contributed by atoms with Crippen LogP contribution in [0.4, 0.5) is 23.2 Å². The largest absolute Gasteiger partial charge is 0.573 e. The number of hydrogen-bond donors (Lipinski definition) is 1. The van der Waals surface area contributed by atoms with Crippen molar-refractivity contribution in [2.75, 3.05) is 44.2 Å². The molecule has 2 aromatic rings. The van der Waals surface area contributed by atoms with E-state index < -0.39 is 18.1 Å². The topological polar surface area (TPSA) is 79.1 Å². The molecule has 0 saturated carbocycles. The van der Waals surface area contributed by atoms with Crippen LogP contribution in [0.3, 0.4) is 0 Å². The summed E-state index contributed by atoms with van der Waals surface area (Å²) in [6.45, 7) is 3.38. The van der Waals surface area contributed by atoms with Crippen LogP contribution in [0.1, 0.15) is 12.0 Å². The molecule has 184 valence electrons. The van der Waals surface area contributed by atoms with Gasteiger partial charge in [0.05, 0.1) is 6.54 Å². The fourth-order valence-corrected chi connectivity index (χ4v) is 3.68. The van der Waals surface area contributed by atoms with Crippen molar-refractivity contribution in [3.63, 3.8) is 0 Å². The predicted octanol–water partition coefficient (Wildman–Crippen LogP) is 2.75. The number of ether oxygens (including phenoxy) is 1. The molecule has 2 aromatic carbocycles. The van der Waals surface area contributed by atoms with Crippen LogP contribution in [0.2, 0.25) is 0 Å². The minimum Gasteiger partial charge on any atom is -0.406 e. The number of carbonyl (C=O) groups is 2. The Balaban J connectivity index is 1.51. The number of anilines is 1. The lowest BCUT2D eigenvalue weighted by atomic mass is 10.2. The highest BCUT2D eigenvalue weighted by molar-refractivity contribution is 5.95. The van der Waals surface area contributed by atoms with Gasteiger partial charge in [-0.2, -0.15) is 0 Å². The van der Waals surface area contributed by atoms with Gasteiger partial charge in [0.15, 0.2) is 0 Å². The number of alkyl halides is 3. The van der Waals surface area contributed by atoms with Gasteiger partial charge in [0.25, 0.3) is 0 Å². The second kappa shape index (κ2) is 11.3. The van der Waals surface area contributed by atoms with Crippen molar-refractivity contribution in [3.8, 4) is 5.75 Å². The van der Waals surface area contributed by atoms with Gasteiger partial charge in [0, 0.05) is 51.4 Å². The van der Waals surface area contributed by atoms with Crippen molar-refractivity contribution in [2.24, 2.45) is 5.73 Å². The highest BCUT2D eigenvalue weighted by Gasteiger charge is 2.31. The second-order valence-corrected chi connectivity index (χ2v) is 7.98. The predicted molar refractivity (Wildman–Crippen MR) is 117 cm³/mol. The van der Waals surface area contributed by atoms with E-state index in [9.17, 15) is 27.2 Å². The highest BCUT2D eigenvalue weighted by atomic mass is 19.4. The average molecular weight is 482 g/mol. The zero-order chi connectivity index (χ0) is 24.7. The van der Waals surface area contributed by atoms with E-state index in [1.165, 1.54) is 41.3 Å². The van der Waals surface area contributed by atoms with Gasteiger partial charge in [-0.15, -0.1) is 13.2 Å². The first kappa shape index (κ1) is 25.4. The quantitative estimate of drug-likeness (QED) is 0.556. The third-order valence-corrected chi connectivity index (χ3v) is 5.41. The molecule has 2 N–H and O–H groups in total. The molecule has 3 rings (SSSR count). The lowest BCUT2D eigenvalue weighted by Crippen LogP contribution is -2.50. The highest BCUT2D eigenvalue weighted by Crippen LogP contribution is 2.23. The van der Waals surface area contributed by atoms with Gasteiger partial charge in [-0.1, -0.05) is 12.1 Å². The van der Waals surface area contributed by atoms with E-state index in [1.807, 2.05) is 4.90 Å². The lowest BCUT2D eigenvalue weighted by molar-refractivity contribution is -0.274. The number of rotatable bonds is 9. The standard InChI is InChI=1S/C23H26F4N4O3/c24-18-3-5-19(6-4-18)31(10-9-21(28)32)22(33)16-30-13-11-29(12-14-30)15-17-1-7-20(8-2-17)34-23(25,26)27/h1-8H,9-16H2,(H2,28,32). The maximum atomic E-state index is 13.3. The number of piperazine rings is 1. The molecule has 0 aromatic heterocycles. The fourth-order valence-electron chi connectivity index (χ4n) is 3.68. The van der Waals surface area contributed by atoms with Crippen LogP contribution in [0, 0.1) is 5.82 Å². The van der Waals surface area contributed by atoms with E-state index in [-0.39, 0.29) is 31.2 Å². The molecular weight excluding hydrogens is 456 g/mol. The zero-order valence-corrected chi connectivity index (χ0v) is 18.4. The van der Waals surface area contributed by atoms with Crippen molar-refractivity contribution >= 4 is 17.5 Å². The summed E-state index contributed by atoms with van der Waals surface area (Å²) < 4.78 is 54.0. The first-order chi connectivity index (χ1) is 16.1. The molecule has 0 radical (unpaired) electrons. The minimum atomic E-state index is -4.72. The van der Waals surface area contributed by atoms with Gasteiger partial charge in [-0.3, -0.25) is 19.4 Å². The van der Waals surface area contributed by atoms with Crippen LogP contribution in [-0.4, -0.2) is 67.2 Å². The Morgan fingerprint density at radius 2 is 1.53 bits per heavy atom. The molecule has 2 amide bonds. The Bertz CT molecular complexity index is 960. The summed E-state index contributed by atoms with van der Waals surface area (Å²) in [4.78, 5) is 29.7. The van der Waals surface area contributed by atoms with Crippen molar-refractivity contribution in [1.29, 1.82) is 0 Å². The fraction of sp³-hybridized carbons (Fsp3) is 0.391. The van der Waals surface area contributed by atoms with E-state index in [0.29, 0.717) is 38.4 Å². The van der Waals surface area contributed by atoms with Crippen molar-refractivity contribution in [1.82, 2.24) is 9.80 Å². The Morgan fingerprint density at radius 1 is 0.941 bits per heavy atom. The maximum Gasteiger partial charge on any atom is 0.573 e. The monoisotopic (exact) mass is 482 g/mol. The van der Waals surface area contributed by atoms with E-state index in [4.69, 9.17) is 5.73 Å². The molecule has 1 aliphatic rings. The summed E-state index contributed by atoms with van der Waals surface area (Å²) >= 11 is 0. The average Bonchev–Trinajstić information content (AvgIpc) is 2.76. The number of nitrogens with two attached hydrogens (primary N) is 1. The van der Waals surface area contributed by atoms with Gasteiger partial charge in [-0.05, 0) is 42.0 Å². The number of benzene rings is 2. The minimum absolute atomic E-state index is 0.0102. The molecular formula is C23H26F4N4O3. The Labute approximate surface area is 194 Å². The van der Waals surface area contributed by atoms with Crippen molar-refractivity contribution in [3.05, 3.63) is 59.9 Å². The van der Waals surface area contributed by atoms with Gasteiger partial charge in [-0.25, -0.2) is 4.39 Å². The summed E-state index contributed by atoms with van der Waals surface area (Å²) in [7, 11) is 0. The van der Waals surface area contributed by atoms with E-state index in [0.717, 1.165) is 5.56 Å². The Morgan fingerprint density at radius 3 is 2.09 bits per heavy atom. The first-order valence-corrected chi connectivity index (χ1v) is 10.7. The summed E-state index contributed by atoms with van der Waals surface area (Å²) in [6.07, 6.45) is -4.73. The van der Waals surface area contributed by atoms with Gasteiger partial charge >= 0.3 is 6.36 Å². The Hall–Kier alpha value is -3.18. The summed E-state index contributed by atoms with van der Waals surface area (Å²) in [5.41, 5.74) is 6.58. The molecule has 1 heterocycles. The molecule has 1 aliphatic heterocycles. The van der Waals surface area contributed by atoms with Gasteiger partial charge in [0.2, 0.25) is 11.8 Å². The van der Waals surface area contributed by atoms with Crippen molar-refractivity contribution in [2.45, 2.75) is 19.3 Å². The number of hydrogen-bond acceptors (Lipinski definition) is 5. The van der Waals surface area contributed by atoms with Gasteiger partial charge in [0.1, 0.15) is 11.6 Å². The lowest BCUT2D eigenvalue weighted by Gasteiger charge is -2.35. The molecule has 7 nitrogen and oxygen atoms in total. The van der Waals surface area contributed by atoms with Crippen LogP contribution < -0.4 is 15.4 Å². The van der Waals surface area contributed by atoms with Gasteiger partial charge < -0.3 is 15.4 Å². The molecule has 0 aliphatic carbocycles. The SMILES string of the molecule is NC(=O)CCN(C(=O)CN1CCN(Cc2ccc(OC(F)(F)F)cc2)CC1)c1ccc(F)cc1. The molecule has 0 bridgehead atoms. The normalized spacial score (nSPS) is 15.2. The summed E-state index contributed by atoms with van der Waals surface area (Å²) in [5.74, 6) is -1.44. The van der Waals surface area contributed by atoms with E-state index in [2.05, 4.69) is 9.64 Å². The second-order valence-electron chi connectivity index (χ2n) is 7.98. The van der Waals surface area contributed by atoms with E-state index in [1.54, 1.807) is 12.1 Å². The number of carbonyl (C=O) groups excluding carboxylic acids is 2. The first-order valence-electron chi connectivity index (χ1n) is 10.7. The van der Waals surface area contributed by atoms with Crippen molar-refractivity contribution < 1.29 is 31.9 Å². The molecule has 0 spiro atoms. The molecule has 1 fully saturated rings. The third-order valence-electron chi connectivity index (χ3n) is 5.41. The Kier molecular flexibility index (Phi) is 8.46. The van der Waals surface area contributed by atoms with Crippen LogP contribution in [0.15, 0.2) is 48.5 Å². The zero-order valence-electron chi connectivity index (χ0n) is 18.4. The third kappa shape index (κ3) is 7.99. The smallest absolute Gasteiger partial charge is 0.406 e. The molecule has 11 heteroatoms. The molecule has 0 atom stereocenters. The molecule has 1 saturated heterocycles. The summed E-state index contributed by atoms with van der Waals surface area (Å²) in [5, 5.41) is 0. The molecule has 0 unspecified atom stereocenters. The van der Waals surface area contributed by atoms with Crippen LogP contribution in [0.25, 0.3) is 0 Å². The number of primary amides is 1. The molecule has 34 heavy (non-hydrogen) atoms. The van der Waals surface area contributed by atoms with Crippen LogP contribution in [0.5, 0.6) is 5.75 Å². The number of halogens is 4. The van der Waals surface area contributed by atoms with Crippen LogP contribution >= 0.6 is 0 Å². The van der Waals surface area contributed by atoms with E-state index >= 15 is 0 Å². The number of nitrogens with zero attached hydrogens (tertiary/aromatic N) is 3. The van der Waals surface area contributed by atoms with Crippen LogP contribution in [-0.2, 0) is 16.1 Å². The number of amides is 2. The maximum absolute atomic E-state index is 13.3.